The van der Waals surface area contributed by atoms with Gasteiger partial charge in [-0.15, -0.1) is 11.8 Å². The molecule has 2 atom stereocenters. The first-order valence-corrected chi connectivity index (χ1v) is 6.62. The third-order valence-corrected chi connectivity index (χ3v) is 3.92. The summed E-state index contributed by atoms with van der Waals surface area (Å²) in [5.74, 6) is 2.13. The van der Waals surface area contributed by atoms with Gasteiger partial charge in [0.25, 0.3) is 0 Å². The molecular weight excluding hydrogens is 208 g/mol. The molecule has 4 heteroatoms. The maximum absolute atomic E-state index is 5.73. The van der Waals surface area contributed by atoms with Crippen LogP contribution in [0.1, 0.15) is 43.0 Å². The van der Waals surface area contributed by atoms with Crippen LogP contribution in [0.15, 0.2) is 10.7 Å². The van der Waals surface area contributed by atoms with Gasteiger partial charge in [-0.1, -0.05) is 6.42 Å². The van der Waals surface area contributed by atoms with Crippen LogP contribution in [0.5, 0.6) is 0 Å². The highest BCUT2D eigenvalue weighted by Crippen LogP contribution is 2.37. The lowest BCUT2D eigenvalue weighted by Crippen LogP contribution is -2.18. The van der Waals surface area contributed by atoms with E-state index in [1.165, 1.54) is 25.0 Å². The van der Waals surface area contributed by atoms with Crippen molar-refractivity contribution in [1.82, 2.24) is 4.98 Å². The molecule has 0 radical (unpaired) electrons. The molecule has 2 N–H and O–H groups in total. The fraction of sp³-hybridized carbons (Fsp3) is 0.727. The van der Waals surface area contributed by atoms with E-state index in [1.54, 1.807) is 6.26 Å². The van der Waals surface area contributed by atoms with E-state index in [1.807, 2.05) is 18.7 Å². The van der Waals surface area contributed by atoms with E-state index in [0.717, 1.165) is 18.0 Å². The fourth-order valence-corrected chi connectivity index (χ4v) is 3.07. The molecule has 1 fully saturated rings. The Morgan fingerprint density at radius 3 is 3.20 bits per heavy atom. The third-order valence-electron chi connectivity index (χ3n) is 2.56. The molecule has 0 aliphatic carbocycles. The normalized spacial score (nSPS) is 24.0. The number of rotatable bonds is 3. The van der Waals surface area contributed by atoms with E-state index in [2.05, 4.69) is 4.98 Å². The number of thioether (sulfide) groups is 1. The topological polar surface area (TPSA) is 52.0 Å². The highest BCUT2D eigenvalue weighted by Gasteiger charge is 2.20. The van der Waals surface area contributed by atoms with Crippen molar-refractivity contribution in [3.05, 3.63) is 17.8 Å². The summed E-state index contributed by atoms with van der Waals surface area (Å²) in [6, 6.07) is 0.155. The first-order valence-electron chi connectivity index (χ1n) is 5.57. The Labute approximate surface area is 94.8 Å². The Bertz CT molecular complexity index is 305. The molecule has 2 rings (SSSR count). The van der Waals surface area contributed by atoms with E-state index < -0.39 is 0 Å². The molecule has 1 saturated heterocycles. The Morgan fingerprint density at radius 2 is 2.53 bits per heavy atom. The molecule has 1 aliphatic rings. The van der Waals surface area contributed by atoms with Gasteiger partial charge in [-0.05, 0) is 25.5 Å². The SMILES string of the molecule is CC(N)Cc1coc(C2CCCCS2)n1. The molecule has 1 aliphatic heterocycles. The lowest BCUT2D eigenvalue weighted by molar-refractivity contribution is 0.473. The third kappa shape index (κ3) is 2.98. The van der Waals surface area contributed by atoms with E-state index in [-0.39, 0.29) is 6.04 Å². The molecule has 1 aromatic heterocycles. The zero-order chi connectivity index (χ0) is 10.7. The molecule has 2 unspecified atom stereocenters. The van der Waals surface area contributed by atoms with Crippen molar-refractivity contribution in [3.8, 4) is 0 Å². The highest BCUT2D eigenvalue weighted by molar-refractivity contribution is 7.99. The average Bonchev–Trinajstić information content (AvgIpc) is 2.67. The molecule has 84 valence electrons. The van der Waals surface area contributed by atoms with Crippen molar-refractivity contribution in [2.75, 3.05) is 5.75 Å². The van der Waals surface area contributed by atoms with E-state index in [4.69, 9.17) is 10.2 Å². The summed E-state index contributed by atoms with van der Waals surface area (Å²) in [5, 5.41) is 0.473. The van der Waals surface area contributed by atoms with Gasteiger partial charge < -0.3 is 10.2 Å². The summed E-state index contributed by atoms with van der Waals surface area (Å²) in [6.07, 6.45) is 6.38. The van der Waals surface area contributed by atoms with Crippen molar-refractivity contribution in [1.29, 1.82) is 0 Å². The maximum atomic E-state index is 5.73. The summed E-state index contributed by atoms with van der Waals surface area (Å²) in [7, 11) is 0. The minimum absolute atomic E-state index is 0.155. The van der Waals surface area contributed by atoms with Crippen molar-refractivity contribution in [2.24, 2.45) is 5.73 Å². The average molecular weight is 226 g/mol. The predicted molar refractivity (Wildman–Crippen MR) is 62.9 cm³/mol. The van der Waals surface area contributed by atoms with Crippen LogP contribution in [-0.2, 0) is 6.42 Å². The standard InChI is InChI=1S/C11H18N2OS/c1-8(12)6-9-7-14-11(13-9)10-4-2-3-5-15-10/h7-8,10H,2-6,12H2,1H3. The predicted octanol–water partition coefficient (Wildman–Crippen LogP) is 2.52. The molecule has 0 spiro atoms. The second kappa shape index (κ2) is 5.03. The fourth-order valence-electron chi connectivity index (χ4n) is 1.83. The summed E-state index contributed by atoms with van der Waals surface area (Å²) in [5.41, 5.74) is 6.72. The van der Waals surface area contributed by atoms with Gasteiger partial charge in [0.05, 0.1) is 10.9 Å². The van der Waals surface area contributed by atoms with Crippen LogP contribution in [0.4, 0.5) is 0 Å². The molecular formula is C11H18N2OS. The highest BCUT2D eigenvalue weighted by atomic mass is 32.2. The molecule has 15 heavy (non-hydrogen) atoms. The zero-order valence-electron chi connectivity index (χ0n) is 9.11. The molecule has 0 aromatic carbocycles. The second-order valence-electron chi connectivity index (χ2n) is 4.21. The summed E-state index contributed by atoms with van der Waals surface area (Å²) in [4.78, 5) is 4.51. The van der Waals surface area contributed by atoms with Crippen LogP contribution in [-0.4, -0.2) is 16.8 Å². The number of nitrogens with zero attached hydrogens (tertiary/aromatic N) is 1. The van der Waals surface area contributed by atoms with Gasteiger partial charge in [-0.3, -0.25) is 0 Å². The zero-order valence-corrected chi connectivity index (χ0v) is 9.93. The Kier molecular flexibility index (Phi) is 3.70. The van der Waals surface area contributed by atoms with Gasteiger partial charge in [0, 0.05) is 12.5 Å². The van der Waals surface area contributed by atoms with Gasteiger partial charge in [-0.25, -0.2) is 4.98 Å². The second-order valence-corrected chi connectivity index (χ2v) is 5.52. The van der Waals surface area contributed by atoms with E-state index in [0.29, 0.717) is 5.25 Å². The van der Waals surface area contributed by atoms with Gasteiger partial charge in [0.2, 0.25) is 5.89 Å². The minimum atomic E-state index is 0.155. The lowest BCUT2D eigenvalue weighted by Gasteiger charge is -2.17. The number of nitrogens with two attached hydrogens (primary N) is 1. The van der Waals surface area contributed by atoms with E-state index >= 15 is 0 Å². The van der Waals surface area contributed by atoms with Crippen molar-refractivity contribution in [3.63, 3.8) is 0 Å². The Hall–Kier alpha value is -0.480. The quantitative estimate of drug-likeness (QED) is 0.860. The number of oxazole rings is 1. The molecule has 1 aromatic rings. The van der Waals surface area contributed by atoms with Crippen molar-refractivity contribution < 1.29 is 4.42 Å². The van der Waals surface area contributed by atoms with Crippen LogP contribution in [0.2, 0.25) is 0 Å². The smallest absolute Gasteiger partial charge is 0.207 e. The van der Waals surface area contributed by atoms with Gasteiger partial charge in [-0.2, -0.15) is 0 Å². The van der Waals surface area contributed by atoms with Crippen LogP contribution in [0.3, 0.4) is 0 Å². The van der Waals surface area contributed by atoms with Crippen molar-refractivity contribution in [2.45, 2.75) is 43.9 Å². The number of hydrogen-bond donors (Lipinski definition) is 1. The van der Waals surface area contributed by atoms with Gasteiger partial charge in [0.1, 0.15) is 6.26 Å². The molecule has 3 nitrogen and oxygen atoms in total. The minimum Gasteiger partial charge on any atom is -0.447 e. The summed E-state index contributed by atoms with van der Waals surface area (Å²) >= 11 is 1.96. The summed E-state index contributed by atoms with van der Waals surface area (Å²) in [6.45, 7) is 1.99. The first kappa shape index (κ1) is 11.0. The van der Waals surface area contributed by atoms with Gasteiger partial charge in [0.15, 0.2) is 0 Å². The van der Waals surface area contributed by atoms with E-state index in [9.17, 15) is 0 Å². The van der Waals surface area contributed by atoms with Crippen LogP contribution in [0.25, 0.3) is 0 Å². The molecule has 0 saturated carbocycles. The molecule has 2 heterocycles. The van der Waals surface area contributed by atoms with Gasteiger partial charge >= 0.3 is 0 Å². The summed E-state index contributed by atoms with van der Waals surface area (Å²) < 4.78 is 5.52. The van der Waals surface area contributed by atoms with Crippen molar-refractivity contribution >= 4 is 11.8 Å². The van der Waals surface area contributed by atoms with Crippen LogP contribution < -0.4 is 5.73 Å². The number of hydrogen-bond acceptors (Lipinski definition) is 4. The Morgan fingerprint density at radius 1 is 1.67 bits per heavy atom. The first-order chi connectivity index (χ1) is 7.25. The lowest BCUT2D eigenvalue weighted by atomic mass is 10.2. The molecule has 0 bridgehead atoms. The van der Waals surface area contributed by atoms with Crippen LogP contribution in [0, 0.1) is 0 Å². The Balaban J connectivity index is 1.99. The monoisotopic (exact) mass is 226 g/mol. The van der Waals surface area contributed by atoms with Crippen LogP contribution >= 0.6 is 11.8 Å². The largest absolute Gasteiger partial charge is 0.447 e. The number of aromatic nitrogens is 1. The molecule has 0 amide bonds. The maximum Gasteiger partial charge on any atom is 0.207 e.